The summed E-state index contributed by atoms with van der Waals surface area (Å²) in [7, 11) is 1.56. The number of nitrogens with one attached hydrogen (secondary N) is 1. The zero-order valence-electron chi connectivity index (χ0n) is 19.4. The number of hydrogen-bond donors (Lipinski definition) is 1. The molecule has 6 nitrogen and oxygen atoms in total. The number of esters is 1. The first-order chi connectivity index (χ1) is 16.3. The number of rotatable bonds is 9. The number of anilines is 1. The Balaban J connectivity index is 1.82. The van der Waals surface area contributed by atoms with Crippen LogP contribution in [0.2, 0.25) is 5.02 Å². The average molecular weight is 500 g/mol. The summed E-state index contributed by atoms with van der Waals surface area (Å²) in [5, 5.41) is 5.62. The second-order valence-electron chi connectivity index (χ2n) is 7.48. The first-order valence-electron chi connectivity index (χ1n) is 10.7. The Bertz CT molecular complexity index is 1180. The number of methoxy groups -OCH3 is 1. The highest BCUT2D eigenvalue weighted by molar-refractivity contribution is 7.15. The molecule has 1 heterocycles. The SMILES string of the molecule is CCOC(=O)c1c(-c2ccc(Cl)cc2)csc1NC(=O)/C=C/c1ccc(OC(C)C)c(OC)c1. The number of halogens is 1. The van der Waals surface area contributed by atoms with Gasteiger partial charge in [-0.15, -0.1) is 11.3 Å². The van der Waals surface area contributed by atoms with E-state index in [0.29, 0.717) is 32.6 Å². The Morgan fingerprint density at radius 1 is 1.12 bits per heavy atom. The zero-order valence-corrected chi connectivity index (χ0v) is 21.0. The van der Waals surface area contributed by atoms with Gasteiger partial charge in [0.1, 0.15) is 10.6 Å². The predicted octanol–water partition coefficient (Wildman–Crippen LogP) is 6.69. The number of carbonyl (C=O) groups excluding carboxylic acids is 2. The van der Waals surface area contributed by atoms with Crippen molar-refractivity contribution in [1.29, 1.82) is 0 Å². The van der Waals surface area contributed by atoms with Crippen LogP contribution in [0.4, 0.5) is 5.00 Å². The summed E-state index contributed by atoms with van der Waals surface area (Å²) in [4.78, 5) is 25.3. The molecule has 0 radical (unpaired) electrons. The smallest absolute Gasteiger partial charge is 0.341 e. The second-order valence-corrected chi connectivity index (χ2v) is 8.80. The topological polar surface area (TPSA) is 73.9 Å². The van der Waals surface area contributed by atoms with Gasteiger partial charge in [-0.05, 0) is 62.2 Å². The molecular weight excluding hydrogens is 474 g/mol. The van der Waals surface area contributed by atoms with Crippen molar-refractivity contribution in [2.45, 2.75) is 26.9 Å². The van der Waals surface area contributed by atoms with Gasteiger partial charge in [0, 0.05) is 22.0 Å². The Morgan fingerprint density at radius 3 is 2.50 bits per heavy atom. The Morgan fingerprint density at radius 2 is 1.85 bits per heavy atom. The van der Waals surface area contributed by atoms with Gasteiger partial charge in [-0.3, -0.25) is 4.79 Å². The van der Waals surface area contributed by atoms with Crippen LogP contribution in [0.1, 0.15) is 36.7 Å². The molecule has 0 fully saturated rings. The van der Waals surface area contributed by atoms with E-state index in [9.17, 15) is 9.59 Å². The highest BCUT2D eigenvalue weighted by Crippen LogP contribution is 2.37. The summed E-state index contributed by atoms with van der Waals surface area (Å²) in [5.41, 5.74) is 2.55. The summed E-state index contributed by atoms with van der Waals surface area (Å²) in [5.74, 6) is 0.327. The molecule has 34 heavy (non-hydrogen) atoms. The molecular formula is C26H26ClNO5S. The van der Waals surface area contributed by atoms with Crippen LogP contribution in [0, 0.1) is 0 Å². The third kappa shape index (κ3) is 6.40. The third-order valence-electron chi connectivity index (χ3n) is 4.64. The standard InChI is InChI=1S/C26H26ClNO5S/c1-5-32-26(30)24-20(18-8-10-19(27)11-9-18)15-34-25(24)28-23(29)13-7-17-6-12-21(33-16(2)3)22(14-17)31-4/h6-16H,5H2,1-4H3,(H,28,29)/b13-7+. The Hall–Kier alpha value is -3.29. The van der Waals surface area contributed by atoms with E-state index in [1.807, 2.05) is 37.4 Å². The molecule has 178 valence electrons. The van der Waals surface area contributed by atoms with Gasteiger partial charge in [-0.2, -0.15) is 0 Å². The summed E-state index contributed by atoms with van der Waals surface area (Å²) in [6.07, 6.45) is 3.07. The van der Waals surface area contributed by atoms with Gasteiger partial charge in [-0.1, -0.05) is 29.8 Å². The monoisotopic (exact) mass is 499 g/mol. The molecule has 0 spiro atoms. The van der Waals surface area contributed by atoms with E-state index in [2.05, 4.69) is 5.32 Å². The van der Waals surface area contributed by atoms with Crippen LogP contribution >= 0.6 is 22.9 Å². The maximum Gasteiger partial charge on any atom is 0.341 e. The van der Waals surface area contributed by atoms with Crippen LogP contribution in [0.3, 0.4) is 0 Å². The minimum atomic E-state index is -0.501. The lowest BCUT2D eigenvalue weighted by Gasteiger charge is -2.13. The lowest BCUT2D eigenvalue weighted by molar-refractivity contribution is -0.111. The third-order valence-corrected chi connectivity index (χ3v) is 5.79. The van der Waals surface area contributed by atoms with Crippen molar-refractivity contribution in [3.05, 3.63) is 70.1 Å². The summed E-state index contributed by atoms with van der Waals surface area (Å²) in [6.45, 7) is 5.83. The molecule has 0 aliphatic carbocycles. The first kappa shape index (κ1) is 25.3. The average Bonchev–Trinajstić information content (AvgIpc) is 3.22. The van der Waals surface area contributed by atoms with Crippen molar-refractivity contribution in [1.82, 2.24) is 0 Å². The Labute approximate surface area is 208 Å². The van der Waals surface area contributed by atoms with Gasteiger partial charge >= 0.3 is 5.97 Å². The molecule has 3 aromatic rings. The highest BCUT2D eigenvalue weighted by atomic mass is 35.5. The van der Waals surface area contributed by atoms with Gasteiger partial charge in [0.15, 0.2) is 11.5 Å². The molecule has 0 aliphatic rings. The Kier molecular flexibility index (Phi) is 8.73. The number of benzene rings is 2. The van der Waals surface area contributed by atoms with E-state index in [1.54, 1.807) is 44.4 Å². The van der Waals surface area contributed by atoms with Crippen LogP contribution in [-0.2, 0) is 9.53 Å². The lowest BCUT2D eigenvalue weighted by atomic mass is 10.0. The molecule has 0 unspecified atom stereocenters. The summed E-state index contributed by atoms with van der Waals surface area (Å²) < 4.78 is 16.3. The predicted molar refractivity (Wildman–Crippen MR) is 137 cm³/mol. The first-order valence-corrected chi connectivity index (χ1v) is 12.0. The van der Waals surface area contributed by atoms with Gasteiger partial charge in [0.05, 0.1) is 19.8 Å². The zero-order chi connectivity index (χ0) is 24.7. The molecule has 0 atom stereocenters. The van der Waals surface area contributed by atoms with Crippen LogP contribution in [0.25, 0.3) is 17.2 Å². The van der Waals surface area contributed by atoms with E-state index in [-0.39, 0.29) is 18.6 Å². The van der Waals surface area contributed by atoms with Crippen LogP contribution < -0.4 is 14.8 Å². The highest BCUT2D eigenvalue weighted by Gasteiger charge is 2.22. The molecule has 1 N–H and O–H groups in total. The van der Waals surface area contributed by atoms with Crippen LogP contribution in [0.15, 0.2) is 53.9 Å². The van der Waals surface area contributed by atoms with Gasteiger partial charge in [0.2, 0.25) is 5.91 Å². The number of amides is 1. The molecule has 0 bridgehead atoms. The molecule has 0 aliphatic heterocycles. The van der Waals surface area contributed by atoms with Crippen molar-refractivity contribution in [3.8, 4) is 22.6 Å². The maximum absolute atomic E-state index is 12.7. The second kappa shape index (κ2) is 11.7. The summed E-state index contributed by atoms with van der Waals surface area (Å²) >= 11 is 7.25. The van der Waals surface area contributed by atoms with Crippen LogP contribution in [-0.4, -0.2) is 31.7 Å². The molecule has 3 rings (SSSR count). The largest absolute Gasteiger partial charge is 0.493 e. The maximum atomic E-state index is 12.7. The molecule has 0 saturated carbocycles. The van der Waals surface area contributed by atoms with Crippen molar-refractivity contribution >= 4 is 45.9 Å². The van der Waals surface area contributed by atoms with Crippen molar-refractivity contribution < 1.29 is 23.8 Å². The van der Waals surface area contributed by atoms with Crippen molar-refractivity contribution in [2.24, 2.45) is 0 Å². The molecule has 0 saturated heterocycles. The minimum absolute atomic E-state index is 0.0122. The number of hydrogen-bond acceptors (Lipinski definition) is 6. The molecule has 2 aromatic carbocycles. The number of carbonyl (C=O) groups is 2. The van der Waals surface area contributed by atoms with Crippen molar-refractivity contribution in [2.75, 3.05) is 19.0 Å². The van der Waals surface area contributed by atoms with Gasteiger partial charge in [-0.25, -0.2) is 4.79 Å². The van der Waals surface area contributed by atoms with E-state index in [0.717, 1.165) is 11.1 Å². The van der Waals surface area contributed by atoms with E-state index < -0.39 is 5.97 Å². The van der Waals surface area contributed by atoms with Crippen molar-refractivity contribution in [3.63, 3.8) is 0 Å². The fraction of sp³-hybridized carbons (Fsp3) is 0.231. The van der Waals surface area contributed by atoms with Gasteiger partial charge in [0.25, 0.3) is 0 Å². The molecule has 1 amide bonds. The van der Waals surface area contributed by atoms with Gasteiger partial charge < -0.3 is 19.5 Å². The number of thiophene rings is 1. The fourth-order valence-corrected chi connectivity index (χ4v) is 4.25. The molecule has 8 heteroatoms. The van der Waals surface area contributed by atoms with E-state index in [1.165, 1.54) is 17.4 Å². The molecule has 1 aromatic heterocycles. The normalized spacial score (nSPS) is 11.0. The van der Waals surface area contributed by atoms with E-state index in [4.69, 9.17) is 25.8 Å². The summed E-state index contributed by atoms with van der Waals surface area (Å²) in [6, 6.07) is 12.5. The van der Waals surface area contributed by atoms with E-state index >= 15 is 0 Å². The fourth-order valence-electron chi connectivity index (χ4n) is 3.16. The number of ether oxygens (including phenoxy) is 3. The minimum Gasteiger partial charge on any atom is -0.493 e. The quantitative estimate of drug-likeness (QED) is 0.262. The van der Waals surface area contributed by atoms with Crippen LogP contribution in [0.5, 0.6) is 11.5 Å². The lowest BCUT2D eigenvalue weighted by Crippen LogP contribution is -2.12.